The highest BCUT2D eigenvalue weighted by Crippen LogP contribution is 1.95. The van der Waals surface area contributed by atoms with E-state index in [0.717, 1.165) is 25.7 Å². The second-order valence-electron chi connectivity index (χ2n) is 6.18. The van der Waals surface area contributed by atoms with Crippen molar-refractivity contribution < 1.29 is 114 Å². The zero-order valence-corrected chi connectivity index (χ0v) is 23.6. The smallest absolute Gasteiger partial charge is 0.183 e. The van der Waals surface area contributed by atoms with Gasteiger partial charge in [-0.3, -0.25) is 0 Å². The summed E-state index contributed by atoms with van der Waals surface area (Å²) in [6.45, 7) is 7.45. The molecule has 0 radical (unpaired) electrons. The van der Waals surface area contributed by atoms with Crippen molar-refractivity contribution in [1.82, 2.24) is 0 Å². The van der Waals surface area contributed by atoms with E-state index in [1.807, 2.05) is 27.7 Å². The van der Waals surface area contributed by atoms with Gasteiger partial charge in [0.15, 0.2) is 0 Å². The summed E-state index contributed by atoms with van der Waals surface area (Å²) in [5, 5.41) is 0. The Kier molecular flexibility index (Phi) is 31.2. The lowest BCUT2D eigenvalue weighted by Crippen LogP contribution is -2.61. The minimum absolute atomic E-state index is 0.0100. The molecule has 0 bridgehead atoms. The molecule has 0 aliphatic heterocycles. The summed E-state index contributed by atoms with van der Waals surface area (Å²) in [6.07, 6.45) is 5.61. The molecule has 0 N–H and O–H groups in total. The minimum Gasteiger partial charge on any atom is -0.183 e. The first kappa shape index (κ1) is 43.6. The zero-order chi connectivity index (χ0) is 29.3. The van der Waals surface area contributed by atoms with E-state index in [1.165, 1.54) is 0 Å². The Hall–Kier alpha value is 0.520. The van der Waals surface area contributed by atoms with Crippen molar-refractivity contribution in [2.75, 3.05) is 26.4 Å². The van der Waals surface area contributed by atoms with Crippen LogP contribution in [0.4, 0.5) is 0 Å². The van der Waals surface area contributed by atoms with Gasteiger partial charge < -0.3 is 0 Å². The van der Waals surface area contributed by atoms with E-state index in [0.29, 0.717) is 25.7 Å². The molecule has 0 saturated carbocycles. The first-order chi connectivity index (χ1) is 16.2. The summed E-state index contributed by atoms with van der Waals surface area (Å²) in [7, 11) is -16.8. The molecule has 0 aromatic rings. The van der Waals surface area contributed by atoms with Crippen LogP contribution in [0.25, 0.3) is 0 Å². The fourth-order valence-corrected chi connectivity index (χ4v) is 2.37. The molecule has 0 heterocycles. The Bertz CT molecular complexity index is 358. The van der Waals surface area contributed by atoms with E-state index in [4.69, 9.17) is 0 Å². The molecular weight excluding hydrogens is 590 g/mol. The van der Waals surface area contributed by atoms with Crippen molar-refractivity contribution in [3.05, 3.63) is 0 Å². The van der Waals surface area contributed by atoms with Gasteiger partial charge in [0.2, 0.25) is 26.4 Å². The van der Waals surface area contributed by atoms with Gasteiger partial charge in [-0.25, -0.2) is 0 Å². The fourth-order valence-electron chi connectivity index (χ4n) is 1.17. The summed E-state index contributed by atoms with van der Waals surface area (Å²) in [5.41, 5.74) is 0. The molecule has 16 nitrogen and oxygen atoms in total. The number of hydrogen-bond acceptors (Lipinski definition) is 16. The number of unbranched alkanes of at least 4 members (excludes halogenated alkanes) is 4. The highest BCUT2D eigenvalue weighted by molar-refractivity contribution is 4.26. The van der Waals surface area contributed by atoms with Crippen LogP contribution in [-0.4, -0.2) is 26.4 Å². The molecule has 0 aromatic heterocycles. The van der Waals surface area contributed by atoms with Gasteiger partial charge in [-0.05, 0) is 25.7 Å². The predicted molar refractivity (Wildman–Crippen MR) is 83.4 cm³/mol. The second kappa shape index (κ2) is 25.8. The summed E-state index contributed by atoms with van der Waals surface area (Å²) in [6, 6.07) is 0. The molecule has 0 fully saturated rings. The van der Waals surface area contributed by atoms with Crippen LogP contribution in [0.5, 0.6) is 0 Å². The molecule has 0 aromatic carbocycles. The Morgan fingerprint density at radius 2 is 0.472 bits per heavy atom. The summed E-state index contributed by atoms with van der Waals surface area (Å²) in [4.78, 5) is 0. The fraction of sp³-hybridized carbons (Fsp3) is 1.00. The van der Waals surface area contributed by atoms with Gasteiger partial charge in [0.1, 0.15) is 0 Å². The standard InChI is InChI=1S/4C4H9ClO4/c4*1-2-3-4-9-5(6,7)8/h4*2-4H2,1H3. The molecule has 0 aliphatic carbocycles. The molecule has 0 rings (SSSR count). The molecule has 36 heavy (non-hydrogen) atoms. The quantitative estimate of drug-likeness (QED) is 0.144. The maximum Gasteiger partial charge on any atom is 0.203 e. The van der Waals surface area contributed by atoms with Crippen molar-refractivity contribution >= 4 is 0 Å². The molecule has 0 atom stereocenters. The molecule has 0 amide bonds. The number of hydrogen-bond donors (Lipinski definition) is 0. The van der Waals surface area contributed by atoms with Crippen molar-refractivity contribution in [3.63, 3.8) is 0 Å². The van der Waals surface area contributed by atoms with E-state index >= 15 is 0 Å². The van der Waals surface area contributed by atoms with E-state index in [1.54, 1.807) is 0 Å². The van der Waals surface area contributed by atoms with Crippen molar-refractivity contribution in [1.29, 1.82) is 0 Å². The molecule has 20 heteroatoms. The first-order valence-electron chi connectivity index (χ1n) is 10.5. The normalized spacial score (nSPS) is 12.0. The third-order valence-corrected chi connectivity index (χ3v) is 4.52. The van der Waals surface area contributed by atoms with Crippen LogP contribution < -0.4 is 55.9 Å². The van der Waals surface area contributed by atoms with E-state index in [9.17, 15) is 55.9 Å². The van der Waals surface area contributed by atoms with Crippen molar-refractivity contribution in [2.24, 2.45) is 0 Å². The summed E-state index contributed by atoms with van der Waals surface area (Å²) in [5.74, 6) is 0. The molecule has 0 aliphatic rings. The van der Waals surface area contributed by atoms with E-state index < -0.39 is 41.0 Å². The lowest BCUT2D eigenvalue weighted by atomic mass is 10.4. The largest absolute Gasteiger partial charge is 0.203 e. The van der Waals surface area contributed by atoms with Gasteiger partial charge in [-0.15, -0.1) is 0 Å². The summed E-state index contributed by atoms with van der Waals surface area (Å²) >= 11 is 0. The zero-order valence-electron chi connectivity index (χ0n) is 20.5. The first-order valence-corrected chi connectivity index (χ1v) is 15.4. The highest BCUT2D eigenvalue weighted by atomic mass is 35.7. The molecule has 224 valence electrons. The van der Waals surface area contributed by atoms with Crippen LogP contribution >= 0.6 is 0 Å². The molecule has 0 saturated heterocycles. The number of rotatable bonds is 16. The van der Waals surface area contributed by atoms with Crippen LogP contribution in [0, 0.1) is 41.0 Å². The van der Waals surface area contributed by atoms with Gasteiger partial charge in [-0.2, -0.15) is 55.9 Å². The number of halogens is 4. The van der Waals surface area contributed by atoms with Gasteiger partial charge in [-0.1, -0.05) is 53.4 Å². The van der Waals surface area contributed by atoms with Crippen LogP contribution in [0.1, 0.15) is 79.1 Å². The van der Waals surface area contributed by atoms with Gasteiger partial charge in [0.25, 0.3) is 0 Å². The monoisotopic (exact) mass is 624 g/mol. The Balaban J connectivity index is -0.000000190. The van der Waals surface area contributed by atoms with Crippen LogP contribution in [-0.2, 0) is 17.2 Å². The average Bonchev–Trinajstić information content (AvgIpc) is 2.67. The van der Waals surface area contributed by atoms with Crippen molar-refractivity contribution in [2.45, 2.75) is 79.1 Å². The van der Waals surface area contributed by atoms with E-state index in [2.05, 4.69) is 17.2 Å². The second-order valence-corrected chi connectivity index (χ2v) is 10.1. The van der Waals surface area contributed by atoms with Crippen LogP contribution in [0.2, 0.25) is 0 Å². The minimum atomic E-state index is -4.20. The Morgan fingerprint density at radius 3 is 0.556 bits per heavy atom. The lowest BCUT2D eigenvalue weighted by molar-refractivity contribution is -1.92. The van der Waals surface area contributed by atoms with Gasteiger partial charge in [0, 0.05) is 0 Å². The van der Waals surface area contributed by atoms with Crippen LogP contribution in [0.15, 0.2) is 0 Å². The third-order valence-electron chi connectivity index (χ3n) is 2.83. The predicted octanol–water partition coefficient (Wildman–Crippen LogP) is -9.20. The van der Waals surface area contributed by atoms with Gasteiger partial charge >= 0.3 is 0 Å². The van der Waals surface area contributed by atoms with E-state index in [-0.39, 0.29) is 26.4 Å². The van der Waals surface area contributed by atoms with Gasteiger partial charge in [0.05, 0.1) is 58.1 Å². The third kappa shape index (κ3) is 64.5. The Morgan fingerprint density at radius 1 is 0.333 bits per heavy atom. The maximum atomic E-state index is 9.70. The summed E-state index contributed by atoms with van der Waals surface area (Å²) < 4.78 is 132. The van der Waals surface area contributed by atoms with Crippen LogP contribution in [0.3, 0.4) is 0 Å². The SMILES string of the molecule is CCCCO[Cl+3]([O-])([O-])[O-].CCCCO[Cl+3]([O-])([O-])[O-].CCCCO[Cl+3]([O-])([O-])[O-].CCCCO[Cl+3]([O-])([O-])[O-]. The Labute approximate surface area is 219 Å². The lowest BCUT2D eigenvalue weighted by Gasteiger charge is -2.11. The molecule has 0 spiro atoms. The molecule has 0 unspecified atom stereocenters. The topological polar surface area (TPSA) is 314 Å². The average molecular weight is 626 g/mol. The highest BCUT2D eigenvalue weighted by Gasteiger charge is 2.16. The van der Waals surface area contributed by atoms with Crippen molar-refractivity contribution in [3.8, 4) is 0 Å². The maximum absolute atomic E-state index is 9.70. The molecular formula is C16H36Cl4O16.